The summed E-state index contributed by atoms with van der Waals surface area (Å²) in [6, 6.07) is 4.87. The summed E-state index contributed by atoms with van der Waals surface area (Å²) in [5.74, 6) is -1.25. The Morgan fingerprint density at radius 1 is 1.11 bits per heavy atom. The average molecular weight is 263 g/mol. The molecular weight excluding hydrogens is 242 g/mol. The lowest BCUT2D eigenvalue weighted by atomic mass is 10.0. The lowest BCUT2D eigenvalue weighted by Gasteiger charge is -2.22. The molecule has 1 aromatic carbocycles. The zero-order valence-electron chi connectivity index (χ0n) is 11.8. The van der Waals surface area contributed by atoms with Crippen LogP contribution in [-0.2, 0) is 0 Å². The van der Waals surface area contributed by atoms with Gasteiger partial charge in [0.2, 0.25) is 0 Å². The Labute approximate surface area is 114 Å². The molecule has 104 valence electrons. The molecule has 0 aliphatic heterocycles. The van der Waals surface area contributed by atoms with Crippen LogP contribution < -0.4 is 0 Å². The van der Waals surface area contributed by atoms with Gasteiger partial charge in [-0.2, -0.15) is 0 Å². The van der Waals surface area contributed by atoms with Crippen molar-refractivity contribution in [2.45, 2.75) is 33.6 Å². The summed E-state index contributed by atoms with van der Waals surface area (Å²) >= 11 is 0. The van der Waals surface area contributed by atoms with E-state index in [9.17, 15) is 14.7 Å². The van der Waals surface area contributed by atoms with Gasteiger partial charge in [0, 0.05) is 13.1 Å². The lowest BCUT2D eigenvalue weighted by molar-refractivity contribution is 0.0675. The van der Waals surface area contributed by atoms with E-state index in [0.717, 1.165) is 18.4 Å². The number of carbonyl (C=O) groups is 2. The highest BCUT2D eigenvalue weighted by atomic mass is 16.4. The normalized spacial score (nSPS) is 10.3. The molecule has 1 aromatic rings. The summed E-state index contributed by atoms with van der Waals surface area (Å²) in [5, 5.41) is 9.18. The van der Waals surface area contributed by atoms with Gasteiger partial charge in [0.25, 0.3) is 5.91 Å². The molecule has 4 nitrogen and oxygen atoms in total. The van der Waals surface area contributed by atoms with E-state index < -0.39 is 5.97 Å². The molecule has 0 aliphatic carbocycles. The Hall–Kier alpha value is -1.84. The number of aryl methyl sites for hydroxylation is 1. The highest BCUT2D eigenvalue weighted by Crippen LogP contribution is 2.15. The predicted molar refractivity (Wildman–Crippen MR) is 74.6 cm³/mol. The van der Waals surface area contributed by atoms with E-state index in [-0.39, 0.29) is 17.0 Å². The molecule has 0 saturated heterocycles. The van der Waals surface area contributed by atoms with Crippen LogP contribution in [0.15, 0.2) is 18.2 Å². The molecule has 0 aliphatic rings. The molecule has 0 radical (unpaired) electrons. The first-order valence-electron chi connectivity index (χ1n) is 6.64. The molecule has 4 heteroatoms. The van der Waals surface area contributed by atoms with Crippen molar-refractivity contribution in [1.82, 2.24) is 4.90 Å². The Balaban J connectivity index is 3.15. The van der Waals surface area contributed by atoms with Crippen molar-refractivity contribution in [2.24, 2.45) is 0 Å². The van der Waals surface area contributed by atoms with Crippen LogP contribution in [0, 0.1) is 6.92 Å². The van der Waals surface area contributed by atoms with Crippen molar-refractivity contribution < 1.29 is 14.7 Å². The maximum atomic E-state index is 12.5. The van der Waals surface area contributed by atoms with E-state index in [1.54, 1.807) is 17.0 Å². The predicted octanol–water partition coefficient (Wildman–Crippen LogP) is 2.96. The number of nitrogens with zero attached hydrogens (tertiary/aromatic N) is 1. The monoisotopic (exact) mass is 263 g/mol. The Morgan fingerprint density at radius 3 is 2.16 bits per heavy atom. The summed E-state index contributed by atoms with van der Waals surface area (Å²) in [6.45, 7) is 7.17. The molecule has 0 atom stereocenters. The number of aromatic carboxylic acids is 1. The van der Waals surface area contributed by atoms with Gasteiger partial charge in [-0.05, 0) is 31.9 Å². The number of hydrogen-bond acceptors (Lipinski definition) is 2. The number of amides is 1. The van der Waals surface area contributed by atoms with Gasteiger partial charge in [-0.3, -0.25) is 4.79 Å². The fraction of sp³-hybridized carbons (Fsp3) is 0.467. The molecule has 1 amide bonds. The van der Waals surface area contributed by atoms with E-state index in [2.05, 4.69) is 0 Å². The van der Waals surface area contributed by atoms with Gasteiger partial charge in [0.1, 0.15) is 0 Å². The van der Waals surface area contributed by atoms with Crippen LogP contribution in [0.3, 0.4) is 0 Å². The fourth-order valence-electron chi connectivity index (χ4n) is 2.05. The van der Waals surface area contributed by atoms with E-state index in [4.69, 9.17) is 0 Å². The number of benzene rings is 1. The number of carboxylic acid groups (broad SMARTS) is 1. The molecule has 0 saturated carbocycles. The lowest BCUT2D eigenvalue weighted by Crippen LogP contribution is -2.33. The van der Waals surface area contributed by atoms with Gasteiger partial charge in [-0.1, -0.05) is 25.5 Å². The van der Waals surface area contributed by atoms with Crippen LogP contribution >= 0.6 is 0 Å². The Kier molecular flexibility index (Phi) is 5.55. The second-order valence-electron chi connectivity index (χ2n) is 4.65. The maximum absolute atomic E-state index is 12.5. The van der Waals surface area contributed by atoms with Gasteiger partial charge < -0.3 is 10.0 Å². The molecule has 19 heavy (non-hydrogen) atoms. The molecule has 0 unspecified atom stereocenters. The topological polar surface area (TPSA) is 57.6 Å². The average Bonchev–Trinajstić information content (AvgIpc) is 2.37. The first-order valence-corrected chi connectivity index (χ1v) is 6.64. The van der Waals surface area contributed by atoms with Crippen LogP contribution in [0.2, 0.25) is 0 Å². The summed E-state index contributed by atoms with van der Waals surface area (Å²) in [7, 11) is 0. The Morgan fingerprint density at radius 2 is 1.68 bits per heavy atom. The number of carboxylic acids is 1. The second kappa shape index (κ2) is 6.92. The third-order valence-electron chi connectivity index (χ3n) is 2.91. The number of hydrogen-bond donors (Lipinski definition) is 1. The van der Waals surface area contributed by atoms with Gasteiger partial charge in [0.05, 0.1) is 11.1 Å². The molecular formula is C15H21NO3. The third kappa shape index (κ3) is 3.81. The van der Waals surface area contributed by atoms with E-state index in [0.29, 0.717) is 13.1 Å². The molecule has 1 rings (SSSR count). The summed E-state index contributed by atoms with van der Waals surface area (Å²) in [4.78, 5) is 25.4. The van der Waals surface area contributed by atoms with Gasteiger partial charge in [-0.15, -0.1) is 0 Å². The van der Waals surface area contributed by atoms with Crippen molar-refractivity contribution in [3.63, 3.8) is 0 Å². The molecule has 0 aromatic heterocycles. The molecule has 0 spiro atoms. The minimum absolute atomic E-state index is 0.0767. The molecule has 1 N–H and O–H groups in total. The van der Waals surface area contributed by atoms with Crippen LogP contribution in [0.25, 0.3) is 0 Å². The Bertz CT molecular complexity index is 462. The smallest absolute Gasteiger partial charge is 0.336 e. The van der Waals surface area contributed by atoms with E-state index >= 15 is 0 Å². The minimum Gasteiger partial charge on any atom is -0.478 e. The van der Waals surface area contributed by atoms with E-state index in [1.807, 2.05) is 20.8 Å². The van der Waals surface area contributed by atoms with Crippen molar-refractivity contribution in [3.05, 3.63) is 34.9 Å². The first-order chi connectivity index (χ1) is 9.01. The molecule has 0 heterocycles. The highest BCUT2D eigenvalue weighted by Gasteiger charge is 2.21. The quantitative estimate of drug-likeness (QED) is 0.858. The standard InChI is InChI=1S/C15H21NO3/c1-4-8-16(9-5-2)14(17)13-10-11(3)6-7-12(13)15(18)19/h6-7,10H,4-5,8-9H2,1-3H3,(H,18,19). The van der Waals surface area contributed by atoms with Crippen LogP contribution in [0.4, 0.5) is 0 Å². The largest absolute Gasteiger partial charge is 0.478 e. The first kappa shape index (κ1) is 15.2. The van der Waals surface area contributed by atoms with Crippen molar-refractivity contribution in [1.29, 1.82) is 0 Å². The minimum atomic E-state index is -1.06. The molecule has 0 bridgehead atoms. The highest BCUT2D eigenvalue weighted by molar-refractivity contribution is 6.04. The molecule has 0 fully saturated rings. The van der Waals surface area contributed by atoms with Gasteiger partial charge in [-0.25, -0.2) is 4.79 Å². The van der Waals surface area contributed by atoms with Crippen molar-refractivity contribution in [3.8, 4) is 0 Å². The summed E-state index contributed by atoms with van der Waals surface area (Å²) < 4.78 is 0. The maximum Gasteiger partial charge on any atom is 0.336 e. The summed E-state index contributed by atoms with van der Waals surface area (Å²) in [5.41, 5.74) is 1.25. The van der Waals surface area contributed by atoms with Crippen LogP contribution in [0.1, 0.15) is 53.0 Å². The zero-order chi connectivity index (χ0) is 14.4. The van der Waals surface area contributed by atoms with E-state index in [1.165, 1.54) is 6.07 Å². The van der Waals surface area contributed by atoms with Crippen molar-refractivity contribution in [2.75, 3.05) is 13.1 Å². The number of carbonyl (C=O) groups excluding carboxylic acids is 1. The van der Waals surface area contributed by atoms with Crippen molar-refractivity contribution >= 4 is 11.9 Å². The zero-order valence-corrected chi connectivity index (χ0v) is 11.8. The second-order valence-corrected chi connectivity index (χ2v) is 4.65. The SMILES string of the molecule is CCCN(CCC)C(=O)c1cc(C)ccc1C(=O)O. The third-order valence-corrected chi connectivity index (χ3v) is 2.91. The van der Waals surface area contributed by atoms with Crippen LogP contribution in [0.5, 0.6) is 0 Å². The van der Waals surface area contributed by atoms with Crippen LogP contribution in [-0.4, -0.2) is 35.0 Å². The van der Waals surface area contributed by atoms with Gasteiger partial charge >= 0.3 is 5.97 Å². The fourth-order valence-corrected chi connectivity index (χ4v) is 2.05. The number of rotatable bonds is 6. The van der Waals surface area contributed by atoms with Gasteiger partial charge in [0.15, 0.2) is 0 Å². The summed E-state index contributed by atoms with van der Waals surface area (Å²) in [6.07, 6.45) is 1.72.